The first-order valence-electron chi connectivity index (χ1n) is 9.73. The Labute approximate surface area is 164 Å². The van der Waals surface area contributed by atoms with Gasteiger partial charge < -0.3 is 19.3 Å². The molecule has 2 aliphatic rings. The Bertz CT molecular complexity index is 825. The fourth-order valence-electron chi connectivity index (χ4n) is 3.61. The average Bonchev–Trinajstić information content (AvgIpc) is 3.29. The van der Waals surface area contributed by atoms with Crippen LogP contribution in [0.5, 0.6) is 11.5 Å². The van der Waals surface area contributed by atoms with Crippen LogP contribution in [0, 0.1) is 0 Å². The third-order valence-corrected chi connectivity index (χ3v) is 5.14. The number of nitrogens with zero attached hydrogens (tertiary/aromatic N) is 2. The molecule has 1 atom stereocenters. The van der Waals surface area contributed by atoms with Gasteiger partial charge in [-0.2, -0.15) is 0 Å². The first-order chi connectivity index (χ1) is 13.7. The molecule has 0 aromatic heterocycles. The molecule has 0 saturated carbocycles. The van der Waals surface area contributed by atoms with Crippen molar-refractivity contribution in [2.75, 3.05) is 32.8 Å². The summed E-state index contributed by atoms with van der Waals surface area (Å²) in [6, 6.07) is 16.7. The molecule has 2 heterocycles. The van der Waals surface area contributed by atoms with Crippen molar-refractivity contribution in [1.82, 2.24) is 9.80 Å². The Kier molecular flexibility index (Phi) is 5.58. The van der Waals surface area contributed by atoms with Crippen LogP contribution in [0.4, 0.5) is 0 Å². The maximum absolute atomic E-state index is 12.9. The Morgan fingerprint density at radius 2 is 1.61 bits per heavy atom. The Balaban J connectivity index is 1.36. The minimum Gasteiger partial charge on any atom is -0.457 e. The van der Waals surface area contributed by atoms with Gasteiger partial charge in [-0.25, -0.2) is 0 Å². The Morgan fingerprint density at radius 3 is 2.32 bits per heavy atom. The van der Waals surface area contributed by atoms with Crippen molar-refractivity contribution in [3.8, 4) is 11.5 Å². The number of ether oxygens (including phenoxy) is 2. The molecular formula is C22H24N2O4. The molecule has 2 aromatic carbocycles. The fraction of sp³-hybridized carbons (Fsp3) is 0.364. The summed E-state index contributed by atoms with van der Waals surface area (Å²) in [6.45, 7) is 2.81. The molecule has 146 valence electrons. The molecule has 6 heteroatoms. The molecule has 4 rings (SSSR count). The van der Waals surface area contributed by atoms with E-state index in [9.17, 15) is 9.59 Å². The van der Waals surface area contributed by atoms with Gasteiger partial charge in [-0.1, -0.05) is 24.3 Å². The van der Waals surface area contributed by atoms with Crippen molar-refractivity contribution >= 4 is 11.8 Å². The molecule has 2 saturated heterocycles. The van der Waals surface area contributed by atoms with Crippen LogP contribution in [0.3, 0.4) is 0 Å². The number of carbonyl (C=O) groups is 2. The first kappa shape index (κ1) is 18.5. The predicted octanol–water partition coefficient (Wildman–Crippen LogP) is 2.94. The molecule has 0 aliphatic carbocycles. The van der Waals surface area contributed by atoms with E-state index in [1.165, 1.54) is 0 Å². The van der Waals surface area contributed by atoms with E-state index in [1.807, 2.05) is 47.4 Å². The van der Waals surface area contributed by atoms with Gasteiger partial charge in [0.15, 0.2) is 0 Å². The van der Waals surface area contributed by atoms with Gasteiger partial charge in [-0.15, -0.1) is 0 Å². The SMILES string of the molecule is O=C(c1cccc(Oc2ccccc2)c1)N1CCN(C(=O)[C@H]2CCCO2)CC1. The monoisotopic (exact) mass is 380 g/mol. The quantitative estimate of drug-likeness (QED) is 0.818. The third-order valence-electron chi connectivity index (χ3n) is 5.14. The van der Waals surface area contributed by atoms with Gasteiger partial charge in [0.2, 0.25) is 0 Å². The highest BCUT2D eigenvalue weighted by molar-refractivity contribution is 5.95. The molecule has 2 amide bonds. The second-order valence-corrected chi connectivity index (χ2v) is 7.06. The van der Waals surface area contributed by atoms with E-state index in [4.69, 9.17) is 9.47 Å². The lowest BCUT2D eigenvalue weighted by atomic mass is 10.1. The first-order valence-corrected chi connectivity index (χ1v) is 9.73. The van der Waals surface area contributed by atoms with E-state index in [-0.39, 0.29) is 17.9 Å². The summed E-state index contributed by atoms with van der Waals surface area (Å²) in [6.07, 6.45) is 1.44. The van der Waals surface area contributed by atoms with E-state index < -0.39 is 0 Å². The zero-order valence-electron chi connectivity index (χ0n) is 15.8. The topological polar surface area (TPSA) is 59.1 Å². The Hall–Kier alpha value is -2.86. The van der Waals surface area contributed by atoms with Gasteiger partial charge in [-0.05, 0) is 43.2 Å². The molecule has 0 N–H and O–H groups in total. The molecule has 2 fully saturated rings. The summed E-state index contributed by atoms with van der Waals surface area (Å²) in [5.74, 6) is 1.38. The van der Waals surface area contributed by atoms with Gasteiger partial charge in [0.05, 0.1) is 0 Å². The molecule has 0 bridgehead atoms. The highest BCUT2D eigenvalue weighted by atomic mass is 16.5. The van der Waals surface area contributed by atoms with Crippen LogP contribution in [0.25, 0.3) is 0 Å². The molecule has 6 nitrogen and oxygen atoms in total. The second-order valence-electron chi connectivity index (χ2n) is 7.06. The summed E-state index contributed by atoms with van der Waals surface area (Å²) in [5, 5.41) is 0. The maximum atomic E-state index is 12.9. The highest BCUT2D eigenvalue weighted by Gasteiger charge is 2.31. The van der Waals surface area contributed by atoms with Crippen LogP contribution in [-0.2, 0) is 9.53 Å². The van der Waals surface area contributed by atoms with E-state index in [2.05, 4.69) is 0 Å². The number of amides is 2. The number of hydrogen-bond acceptors (Lipinski definition) is 4. The standard InChI is InChI=1S/C22H24N2O4/c25-21(17-6-4-9-19(16-17)28-18-7-2-1-3-8-18)23-11-13-24(14-12-23)22(26)20-10-5-15-27-20/h1-4,6-9,16,20H,5,10-15H2/t20-/m1/s1. The van der Waals surface area contributed by atoms with Crippen molar-refractivity contribution < 1.29 is 19.1 Å². The second kappa shape index (κ2) is 8.44. The van der Waals surface area contributed by atoms with E-state index in [0.717, 1.165) is 18.6 Å². The van der Waals surface area contributed by atoms with Crippen LogP contribution in [0.2, 0.25) is 0 Å². The normalized spacial score (nSPS) is 19.5. The smallest absolute Gasteiger partial charge is 0.254 e. The lowest BCUT2D eigenvalue weighted by molar-refractivity contribution is -0.142. The zero-order chi connectivity index (χ0) is 19.3. The number of carbonyl (C=O) groups excluding carboxylic acids is 2. The fourth-order valence-corrected chi connectivity index (χ4v) is 3.61. The molecule has 0 spiro atoms. The van der Waals surface area contributed by atoms with Crippen LogP contribution in [0.1, 0.15) is 23.2 Å². The van der Waals surface area contributed by atoms with Gasteiger partial charge in [0.1, 0.15) is 17.6 Å². The highest BCUT2D eigenvalue weighted by Crippen LogP contribution is 2.23. The molecule has 2 aromatic rings. The van der Waals surface area contributed by atoms with Crippen molar-refractivity contribution in [3.05, 3.63) is 60.2 Å². The van der Waals surface area contributed by atoms with Crippen molar-refractivity contribution in [2.45, 2.75) is 18.9 Å². The molecule has 2 aliphatic heterocycles. The largest absolute Gasteiger partial charge is 0.457 e. The third kappa shape index (κ3) is 4.17. The van der Waals surface area contributed by atoms with Crippen molar-refractivity contribution in [2.24, 2.45) is 0 Å². The van der Waals surface area contributed by atoms with Gasteiger partial charge in [0, 0.05) is 38.3 Å². The summed E-state index contributed by atoms with van der Waals surface area (Å²) < 4.78 is 11.3. The van der Waals surface area contributed by atoms with Crippen LogP contribution in [0.15, 0.2) is 54.6 Å². The number of benzene rings is 2. The minimum absolute atomic E-state index is 0.0391. The Morgan fingerprint density at radius 1 is 0.893 bits per heavy atom. The summed E-state index contributed by atoms with van der Waals surface area (Å²) in [5.41, 5.74) is 0.590. The minimum atomic E-state index is -0.297. The molecule has 0 unspecified atom stereocenters. The van der Waals surface area contributed by atoms with E-state index in [0.29, 0.717) is 44.1 Å². The predicted molar refractivity (Wildman–Crippen MR) is 104 cm³/mol. The van der Waals surface area contributed by atoms with Crippen LogP contribution < -0.4 is 4.74 Å². The van der Waals surface area contributed by atoms with E-state index >= 15 is 0 Å². The number of para-hydroxylation sites is 1. The van der Waals surface area contributed by atoms with Gasteiger partial charge >= 0.3 is 0 Å². The average molecular weight is 380 g/mol. The van der Waals surface area contributed by atoms with Gasteiger partial charge in [-0.3, -0.25) is 9.59 Å². The maximum Gasteiger partial charge on any atom is 0.254 e. The zero-order valence-corrected chi connectivity index (χ0v) is 15.8. The molecule has 0 radical (unpaired) electrons. The lowest BCUT2D eigenvalue weighted by Gasteiger charge is -2.35. The van der Waals surface area contributed by atoms with Crippen LogP contribution in [-0.4, -0.2) is 60.5 Å². The summed E-state index contributed by atoms with van der Waals surface area (Å²) in [7, 11) is 0. The number of hydrogen-bond donors (Lipinski definition) is 0. The van der Waals surface area contributed by atoms with Gasteiger partial charge in [0.25, 0.3) is 11.8 Å². The number of piperazine rings is 1. The lowest BCUT2D eigenvalue weighted by Crippen LogP contribution is -2.52. The summed E-state index contributed by atoms with van der Waals surface area (Å²) in [4.78, 5) is 28.9. The van der Waals surface area contributed by atoms with Crippen LogP contribution >= 0.6 is 0 Å². The van der Waals surface area contributed by atoms with Crippen molar-refractivity contribution in [3.63, 3.8) is 0 Å². The summed E-state index contributed by atoms with van der Waals surface area (Å²) >= 11 is 0. The number of rotatable bonds is 4. The molecule has 28 heavy (non-hydrogen) atoms. The van der Waals surface area contributed by atoms with Crippen molar-refractivity contribution in [1.29, 1.82) is 0 Å². The van der Waals surface area contributed by atoms with E-state index in [1.54, 1.807) is 17.0 Å². The molecular weight excluding hydrogens is 356 g/mol.